The van der Waals surface area contributed by atoms with Crippen molar-refractivity contribution in [1.82, 2.24) is 19.5 Å². The number of hydrogen-bond donors (Lipinski definition) is 3. The molecule has 5 rings (SSSR count). The molecule has 3 aromatic carbocycles. The molecular formula is C38H46N6O6S2. The lowest BCUT2D eigenvalue weighted by molar-refractivity contribution is -0.124. The summed E-state index contributed by atoms with van der Waals surface area (Å²) in [6.45, 7) is 8.98. The Morgan fingerprint density at radius 2 is 1.73 bits per heavy atom. The van der Waals surface area contributed by atoms with Crippen molar-refractivity contribution in [2.45, 2.75) is 64.0 Å². The zero-order valence-corrected chi connectivity index (χ0v) is 31.6. The van der Waals surface area contributed by atoms with Crippen LogP contribution in [0.4, 0.5) is 5.13 Å². The number of nitrogens with one attached hydrogen (secondary N) is 2. The smallest absolute Gasteiger partial charge is 0.258 e. The van der Waals surface area contributed by atoms with Crippen molar-refractivity contribution in [2.75, 3.05) is 44.6 Å². The number of likely N-dealkylation sites (tertiary alicyclic amines) is 1. The van der Waals surface area contributed by atoms with Crippen LogP contribution >= 0.6 is 11.3 Å². The number of aliphatic hydroxyl groups excluding tert-OH is 1. The van der Waals surface area contributed by atoms with Gasteiger partial charge in [0.1, 0.15) is 5.75 Å². The summed E-state index contributed by atoms with van der Waals surface area (Å²) in [5, 5.41) is 27.1. The molecule has 3 N–H and O–H groups in total. The number of thiazole rings is 1. The van der Waals surface area contributed by atoms with E-state index >= 15 is 0 Å². The molecule has 0 saturated carbocycles. The average Bonchev–Trinajstić information content (AvgIpc) is 3.76. The molecule has 2 atom stereocenters. The van der Waals surface area contributed by atoms with Crippen molar-refractivity contribution < 1.29 is 27.9 Å². The molecule has 2 amide bonds. The first-order valence-corrected chi connectivity index (χ1v) is 19.7. The van der Waals surface area contributed by atoms with Gasteiger partial charge in [0.25, 0.3) is 5.91 Å². The summed E-state index contributed by atoms with van der Waals surface area (Å²) >= 11 is 1.21. The molecule has 4 aromatic rings. The first-order chi connectivity index (χ1) is 24.8. The summed E-state index contributed by atoms with van der Waals surface area (Å²) < 4.78 is 36.1. The number of fused-ring (bicyclic) bond motifs is 1. The molecule has 1 fully saturated rings. The van der Waals surface area contributed by atoms with Gasteiger partial charge >= 0.3 is 0 Å². The number of carbonyl (C=O) groups excluding carboxylic acids is 2. The van der Waals surface area contributed by atoms with E-state index < -0.39 is 28.1 Å². The Hall–Kier alpha value is -4.39. The number of nitriles is 1. The van der Waals surface area contributed by atoms with Crippen molar-refractivity contribution in [3.8, 4) is 11.8 Å². The third-order valence-corrected chi connectivity index (χ3v) is 11.6. The minimum atomic E-state index is -4.11. The largest absolute Gasteiger partial charge is 0.483 e. The normalized spacial score (nSPS) is 14.7. The predicted molar refractivity (Wildman–Crippen MR) is 202 cm³/mol. The Morgan fingerprint density at radius 1 is 1.04 bits per heavy atom. The van der Waals surface area contributed by atoms with E-state index in [-0.39, 0.29) is 49.4 Å². The average molecular weight is 747 g/mol. The molecular weight excluding hydrogens is 701 g/mol. The summed E-state index contributed by atoms with van der Waals surface area (Å²) in [6, 6.07) is 18.6. The maximum atomic E-state index is 14.2. The highest BCUT2D eigenvalue weighted by Gasteiger charge is 2.32. The van der Waals surface area contributed by atoms with E-state index in [0.29, 0.717) is 26.7 Å². The van der Waals surface area contributed by atoms with Crippen LogP contribution in [0.3, 0.4) is 0 Å². The zero-order chi connectivity index (χ0) is 37.4. The summed E-state index contributed by atoms with van der Waals surface area (Å²) in [6.07, 6.45) is 1.13. The fourth-order valence-electron chi connectivity index (χ4n) is 6.36. The van der Waals surface area contributed by atoms with Crippen LogP contribution in [0.1, 0.15) is 48.9 Å². The third kappa shape index (κ3) is 10.1. The van der Waals surface area contributed by atoms with Gasteiger partial charge in [-0.25, -0.2) is 13.4 Å². The van der Waals surface area contributed by atoms with Crippen LogP contribution in [0.5, 0.6) is 5.75 Å². The molecule has 0 unspecified atom stereocenters. The fourth-order valence-corrected chi connectivity index (χ4v) is 9.01. The Kier molecular flexibility index (Phi) is 13.0. The lowest BCUT2D eigenvalue weighted by Crippen LogP contribution is -2.52. The lowest BCUT2D eigenvalue weighted by Gasteiger charge is -2.30. The first kappa shape index (κ1) is 38.8. The fraction of sp³-hybridized carbons (Fsp3) is 0.421. The highest BCUT2D eigenvalue weighted by Crippen LogP contribution is 2.30. The molecule has 0 bridgehead atoms. The number of rotatable bonds is 16. The molecule has 12 nitrogen and oxygen atoms in total. The van der Waals surface area contributed by atoms with E-state index in [1.807, 2.05) is 44.2 Å². The topological polar surface area (TPSA) is 165 Å². The van der Waals surface area contributed by atoms with Crippen molar-refractivity contribution >= 4 is 48.5 Å². The van der Waals surface area contributed by atoms with E-state index in [1.165, 1.54) is 21.7 Å². The van der Waals surface area contributed by atoms with Gasteiger partial charge in [-0.05, 0) is 99.1 Å². The molecule has 1 aliphatic heterocycles. The van der Waals surface area contributed by atoms with Gasteiger partial charge in [-0.2, -0.15) is 9.57 Å². The van der Waals surface area contributed by atoms with Crippen LogP contribution in [0.2, 0.25) is 0 Å². The molecule has 2 heterocycles. The monoisotopic (exact) mass is 746 g/mol. The van der Waals surface area contributed by atoms with Crippen LogP contribution < -0.4 is 15.4 Å². The minimum absolute atomic E-state index is 0.0386. The number of carbonyl (C=O) groups is 2. The summed E-state index contributed by atoms with van der Waals surface area (Å²) in [7, 11) is -4.11. The maximum absolute atomic E-state index is 14.2. The molecule has 14 heteroatoms. The van der Waals surface area contributed by atoms with Crippen molar-refractivity contribution in [1.29, 1.82) is 5.26 Å². The standard InChI is InChI=1S/C38H46N6O6S2/c1-25(2)21-44(52(48,49)30-12-13-31-34(19-30)51-38(41-31)42-35(46)23-43-14-8-9-15-43)22-33(45)32(18-28-10-6-5-7-11-28)40-36(47)24-50-37-26(3)16-29(20-39)17-27(37)4/h5-7,10-13,16-17,19,25,32-33,45H,8-9,14-15,18,21-24H2,1-4H3,(H,40,47)(H,41,42,46)/t32-,33+/m0/s1. The first-order valence-electron chi connectivity index (χ1n) is 17.4. The number of hydrogen-bond acceptors (Lipinski definition) is 10. The summed E-state index contributed by atoms with van der Waals surface area (Å²) in [4.78, 5) is 32.5. The molecule has 1 aliphatic rings. The van der Waals surface area contributed by atoms with E-state index in [9.17, 15) is 28.4 Å². The molecule has 276 valence electrons. The lowest BCUT2D eigenvalue weighted by atomic mass is 10.0. The zero-order valence-electron chi connectivity index (χ0n) is 30.0. The Morgan fingerprint density at radius 3 is 2.38 bits per heavy atom. The Bertz CT molecular complexity index is 2000. The highest BCUT2D eigenvalue weighted by molar-refractivity contribution is 7.89. The van der Waals surface area contributed by atoms with Crippen LogP contribution in [0, 0.1) is 31.1 Å². The summed E-state index contributed by atoms with van der Waals surface area (Å²) in [5.74, 6) is -0.214. The second-order valence-corrected chi connectivity index (χ2v) is 16.6. The SMILES string of the molecule is Cc1cc(C#N)cc(C)c1OCC(=O)N[C@@H](Cc1ccccc1)[C@H](O)CN(CC(C)C)S(=O)(=O)c1ccc2nc(NC(=O)CN3CCCC3)sc2c1. The molecule has 1 aromatic heterocycles. The van der Waals surface area contributed by atoms with Gasteiger partial charge in [-0.15, -0.1) is 0 Å². The van der Waals surface area contributed by atoms with E-state index in [2.05, 4.69) is 26.6 Å². The van der Waals surface area contributed by atoms with Crippen LogP contribution in [0.25, 0.3) is 10.2 Å². The number of benzene rings is 3. The number of sulfonamides is 1. The number of aromatic nitrogens is 1. The third-order valence-electron chi connectivity index (χ3n) is 8.82. The van der Waals surface area contributed by atoms with Crippen LogP contribution in [0.15, 0.2) is 65.6 Å². The van der Waals surface area contributed by atoms with Gasteiger partial charge in [-0.1, -0.05) is 55.5 Å². The number of anilines is 1. The number of aryl methyl sites for hydroxylation is 2. The molecule has 1 saturated heterocycles. The summed E-state index contributed by atoms with van der Waals surface area (Å²) in [5.41, 5.74) is 3.34. The van der Waals surface area contributed by atoms with Gasteiger partial charge < -0.3 is 20.5 Å². The van der Waals surface area contributed by atoms with E-state index in [4.69, 9.17) is 4.74 Å². The number of amides is 2. The van der Waals surface area contributed by atoms with Crippen molar-refractivity contribution in [3.63, 3.8) is 0 Å². The van der Waals surface area contributed by atoms with Gasteiger partial charge in [0, 0.05) is 13.1 Å². The molecule has 0 radical (unpaired) electrons. The number of aliphatic hydroxyl groups is 1. The highest BCUT2D eigenvalue weighted by atomic mass is 32.2. The second-order valence-electron chi connectivity index (χ2n) is 13.7. The molecule has 0 aliphatic carbocycles. The van der Waals surface area contributed by atoms with Gasteiger partial charge in [-0.3, -0.25) is 14.5 Å². The number of nitrogens with zero attached hydrogens (tertiary/aromatic N) is 4. The second kappa shape index (κ2) is 17.4. The maximum Gasteiger partial charge on any atom is 0.258 e. The Labute approximate surface area is 309 Å². The van der Waals surface area contributed by atoms with E-state index in [1.54, 1.807) is 38.1 Å². The number of ether oxygens (including phenoxy) is 1. The van der Waals surface area contributed by atoms with Crippen molar-refractivity contribution in [3.05, 3.63) is 82.9 Å². The van der Waals surface area contributed by atoms with Crippen molar-refractivity contribution in [2.24, 2.45) is 5.92 Å². The van der Waals surface area contributed by atoms with Gasteiger partial charge in [0.15, 0.2) is 11.7 Å². The predicted octanol–water partition coefficient (Wildman–Crippen LogP) is 4.63. The van der Waals surface area contributed by atoms with Gasteiger partial charge in [0.2, 0.25) is 15.9 Å². The van der Waals surface area contributed by atoms with E-state index in [0.717, 1.165) is 42.6 Å². The Balaban J connectivity index is 1.32. The molecule has 52 heavy (non-hydrogen) atoms. The quantitative estimate of drug-likeness (QED) is 0.148. The molecule has 0 spiro atoms. The van der Waals surface area contributed by atoms with Crippen LogP contribution in [-0.2, 0) is 26.0 Å². The minimum Gasteiger partial charge on any atom is -0.483 e. The van der Waals surface area contributed by atoms with Crippen LogP contribution in [-0.4, -0.2) is 91.0 Å². The van der Waals surface area contributed by atoms with Gasteiger partial charge in [0.05, 0.1) is 45.4 Å².